The molecule has 1 saturated carbocycles. The van der Waals surface area contributed by atoms with Crippen molar-refractivity contribution in [3.8, 4) is 5.75 Å². The Morgan fingerprint density at radius 1 is 1.35 bits per heavy atom. The molecule has 1 aromatic heterocycles. The fourth-order valence-corrected chi connectivity index (χ4v) is 3.43. The Balaban J connectivity index is 1.83. The fraction of sp³-hybridized carbons (Fsp3) is 0.312. The first-order chi connectivity index (χ1) is 12.2. The zero-order valence-electron chi connectivity index (χ0n) is 13.4. The van der Waals surface area contributed by atoms with E-state index in [1.54, 1.807) is 0 Å². The Hall–Kier alpha value is -2.62. The molecule has 26 heavy (non-hydrogen) atoms. The molecule has 1 aromatic carbocycles. The van der Waals surface area contributed by atoms with Crippen molar-refractivity contribution in [1.82, 2.24) is 4.98 Å². The van der Waals surface area contributed by atoms with Gasteiger partial charge >= 0.3 is 12.1 Å². The van der Waals surface area contributed by atoms with Gasteiger partial charge in [0.1, 0.15) is 5.75 Å². The molecular formula is C16H13F3N2O4S. The lowest BCUT2D eigenvalue weighted by Crippen LogP contribution is -2.13. The van der Waals surface area contributed by atoms with Crippen LogP contribution in [0.15, 0.2) is 18.2 Å². The summed E-state index contributed by atoms with van der Waals surface area (Å²) in [6.07, 6.45) is -2.82. The van der Waals surface area contributed by atoms with Gasteiger partial charge in [0.2, 0.25) is 0 Å². The van der Waals surface area contributed by atoms with Crippen molar-refractivity contribution in [3.63, 3.8) is 0 Å². The van der Waals surface area contributed by atoms with Gasteiger partial charge in [-0.3, -0.25) is 10.1 Å². The molecule has 1 aliphatic carbocycles. The predicted molar refractivity (Wildman–Crippen MR) is 86.5 cm³/mol. The summed E-state index contributed by atoms with van der Waals surface area (Å²) in [5.41, 5.74) is -1.28. The van der Waals surface area contributed by atoms with Gasteiger partial charge in [0, 0.05) is 4.88 Å². The molecule has 6 nitrogen and oxygen atoms in total. The lowest BCUT2D eigenvalue weighted by Gasteiger charge is -2.09. The highest BCUT2D eigenvalue weighted by atomic mass is 32.1. The SMILES string of the molecule is COC(=O)c1nc(NC(=O)c2ccc(C(F)(F)F)cc2O)sc1C1CC1. The van der Waals surface area contributed by atoms with Crippen molar-refractivity contribution in [1.29, 1.82) is 0 Å². The van der Waals surface area contributed by atoms with Gasteiger partial charge in [0.05, 0.1) is 18.2 Å². The highest BCUT2D eigenvalue weighted by Crippen LogP contribution is 2.45. The molecule has 1 fully saturated rings. The highest BCUT2D eigenvalue weighted by molar-refractivity contribution is 7.16. The number of carbonyl (C=O) groups is 2. The summed E-state index contributed by atoms with van der Waals surface area (Å²) in [7, 11) is 1.22. The monoisotopic (exact) mass is 386 g/mol. The lowest BCUT2D eigenvalue weighted by atomic mass is 10.1. The Bertz CT molecular complexity index is 875. The summed E-state index contributed by atoms with van der Waals surface area (Å²) in [6, 6.07) is 2.06. The smallest absolute Gasteiger partial charge is 0.416 e. The number of esters is 1. The quantitative estimate of drug-likeness (QED) is 0.781. The largest absolute Gasteiger partial charge is 0.507 e. The summed E-state index contributed by atoms with van der Waals surface area (Å²) >= 11 is 1.10. The van der Waals surface area contributed by atoms with E-state index in [1.807, 2.05) is 0 Å². The molecule has 2 N–H and O–H groups in total. The second kappa shape index (κ2) is 6.60. The average molecular weight is 386 g/mol. The number of nitrogens with one attached hydrogen (secondary N) is 1. The molecule has 0 unspecified atom stereocenters. The number of alkyl halides is 3. The molecule has 1 amide bonds. The Morgan fingerprint density at radius 2 is 2.04 bits per heavy atom. The van der Waals surface area contributed by atoms with Crippen LogP contribution in [0.4, 0.5) is 18.3 Å². The van der Waals surface area contributed by atoms with Gasteiger partial charge in [0.25, 0.3) is 5.91 Å². The second-order valence-electron chi connectivity index (χ2n) is 5.68. The van der Waals surface area contributed by atoms with Crippen molar-refractivity contribution in [3.05, 3.63) is 39.9 Å². The molecule has 0 bridgehead atoms. The Labute approximate surface area is 149 Å². The third-order valence-electron chi connectivity index (χ3n) is 3.77. The molecule has 0 aliphatic heterocycles. The van der Waals surface area contributed by atoms with Crippen LogP contribution in [0.5, 0.6) is 5.75 Å². The van der Waals surface area contributed by atoms with E-state index < -0.39 is 29.4 Å². The summed E-state index contributed by atoms with van der Waals surface area (Å²) in [4.78, 5) is 28.8. The van der Waals surface area contributed by atoms with Crippen LogP contribution in [0.1, 0.15) is 50.0 Å². The maximum atomic E-state index is 12.6. The first-order valence-electron chi connectivity index (χ1n) is 7.51. The van der Waals surface area contributed by atoms with Gasteiger partial charge in [-0.25, -0.2) is 9.78 Å². The van der Waals surface area contributed by atoms with Crippen LogP contribution in [0.3, 0.4) is 0 Å². The molecule has 0 saturated heterocycles. The number of aromatic hydroxyl groups is 1. The number of hydrogen-bond donors (Lipinski definition) is 2. The summed E-state index contributed by atoms with van der Waals surface area (Å²) in [6.45, 7) is 0. The number of amides is 1. The van der Waals surface area contributed by atoms with E-state index in [0.717, 1.165) is 30.2 Å². The minimum absolute atomic E-state index is 0.108. The van der Waals surface area contributed by atoms with Crippen molar-refractivity contribution in [2.24, 2.45) is 0 Å². The fourth-order valence-electron chi connectivity index (χ4n) is 2.31. The zero-order chi connectivity index (χ0) is 19.1. The van der Waals surface area contributed by atoms with Crippen LogP contribution in [0.25, 0.3) is 0 Å². The molecule has 0 spiro atoms. The van der Waals surface area contributed by atoms with E-state index in [1.165, 1.54) is 7.11 Å². The second-order valence-corrected chi connectivity index (χ2v) is 6.71. The van der Waals surface area contributed by atoms with Crippen molar-refractivity contribution < 1.29 is 32.6 Å². The molecule has 1 aliphatic rings. The average Bonchev–Trinajstić information content (AvgIpc) is 3.34. The lowest BCUT2D eigenvalue weighted by molar-refractivity contribution is -0.137. The number of aromatic nitrogens is 1. The van der Waals surface area contributed by atoms with E-state index >= 15 is 0 Å². The van der Waals surface area contributed by atoms with Crippen molar-refractivity contribution >= 4 is 28.3 Å². The summed E-state index contributed by atoms with van der Waals surface area (Å²) in [5, 5.41) is 12.2. The molecule has 0 atom stereocenters. The standard InChI is InChI=1S/C16H13F3N2O4S/c1-25-14(24)11-12(7-2-3-7)26-15(20-11)21-13(23)9-5-4-8(6-10(9)22)16(17,18)19/h4-7,22H,2-3H2,1H3,(H,20,21,23). The number of anilines is 1. The van der Waals surface area contributed by atoms with Gasteiger partial charge in [-0.1, -0.05) is 0 Å². The van der Waals surface area contributed by atoms with Gasteiger partial charge in [-0.2, -0.15) is 13.2 Å². The van der Waals surface area contributed by atoms with E-state index in [0.29, 0.717) is 17.0 Å². The van der Waals surface area contributed by atoms with Crippen molar-refractivity contribution in [2.75, 3.05) is 12.4 Å². The Kier molecular flexibility index (Phi) is 4.61. The first kappa shape index (κ1) is 18.2. The minimum atomic E-state index is -4.63. The number of methoxy groups -OCH3 is 1. The number of benzene rings is 1. The normalized spacial score (nSPS) is 14.2. The predicted octanol–water partition coefficient (Wildman–Crippen LogP) is 3.78. The number of rotatable bonds is 4. The first-order valence-corrected chi connectivity index (χ1v) is 8.33. The van der Waals surface area contributed by atoms with Gasteiger partial charge in [0.15, 0.2) is 10.8 Å². The van der Waals surface area contributed by atoms with Crippen LogP contribution in [-0.2, 0) is 10.9 Å². The van der Waals surface area contributed by atoms with E-state index in [4.69, 9.17) is 0 Å². The van der Waals surface area contributed by atoms with E-state index in [2.05, 4.69) is 15.0 Å². The number of ether oxygens (including phenoxy) is 1. The highest BCUT2D eigenvalue weighted by Gasteiger charge is 2.33. The number of hydrogen-bond acceptors (Lipinski definition) is 6. The van der Waals surface area contributed by atoms with Crippen LogP contribution in [0, 0.1) is 0 Å². The van der Waals surface area contributed by atoms with E-state index in [-0.39, 0.29) is 22.3 Å². The van der Waals surface area contributed by atoms with Crippen molar-refractivity contribution in [2.45, 2.75) is 24.9 Å². The maximum Gasteiger partial charge on any atom is 0.416 e. The molecular weight excluding hydrogens is 373 g/mol. The van der Waals surface area contributed by atoms with Crippen LogP contribution < -0.4 is 5.32 Å². The van der Waals surface area contributed by atoms with Crippen LogP contribution >= 0.6 is 11.3 Å². The number of halogens is 3. The molecule has 1 heterocycles. The number of nitrogens with zero attached hydrogens (tertiary/aromatic N) is 1. The molecule has 138 valence electrons. The number of thiazole rings is 1. The van der Waals surface area contributed by atoms with Gasteiger partial charge < -0.3 is 9.84 Å². The molecule has 10 heteroatoms. The minimum Gasteiger partial charge on any atom is -0.507 e. The maximum absolute atomic E-state index is 12.6. The number of phenols is 1. The van der Waals surface area contributed by atoms with Crippen LogP contribution in [0.2, 0.25) is 0 Å². The molecule has 2 aromatic rings. The van der Waals surface area contributed by atoms with Gasteiger partial charge in [-0.05, 0) is 37.0 Å². The van der Waals surface area contributed by atoms with Crippen LogP contribution in [-0.4, -0.2) is 29.1 Å². The summed E-state index contributed by atoms with van der Waals surface area (Å²) in [5.74, 6) is -2.07. The topological polar surface area (TPSA) is 88.5 Å². The molecule has 3 rings (SSSR count). The Morgan fingerprint density at radius 3 is 2.58 bits per heavy atom. The summed E-state index contributed by atoms with van der Waals surface area (Å²) < 4.78 is 42.5. The van der Waals surface area contributed by atoms with E-state index in [9.17, 15) is 27.9 Å². The third-order valence-corrected chi connectivity index (χ3v) is 4.90. The zero-order valence-corrected chi connectivity index (χ0v) is 14.2. The van der Waals surface area contributed by atoms with Gasteiger partial charge in [-0.15, -0.1) is 11.3 Å². The molecule has 0 radical (unpaired) electrons. The number of carbonyl (C=O) groups excluding carboxylic acids is 2. The third kappa shape index (κ3) is 3.64. The number of phenolic OH excluding ortho intramolecular Hbond substituents is 1.